The minimum Gasteiger partial charge on any atom is -0.444 e. The van der Waals surface area contributed by atoms with Crippen LogP contribution in [0.5, 0.6) is 0 Å². The highest BCUT2D eigenvalue weighted by Gasteiger charge is 2.68. The van der Waals surface area contributed by atoms with Gasteiger partial charge in [-0.3, -0.25) is 9.35 Å². The van der Waals surface area contributed by atoms with Crippen LogP contribution in [0.25, 0.3) is 0 Å². The average molecular weight is 408 g/mol. The molecule has 4 saturated carbocycles. The van der Waals surface area contributed by atoms with Crippen LogP contribution in [-0.2, 0) is 19.6 Å². The van der Waals surface area contributed by atoms with Gasteiger partial charge in [-0.05, 0) is 50.4 Å². The third kappa shape index (κ3) is 3.09. The number of rotatable bonds is 4. The lowest BCUT2D eigenvalue weighted by Crippen LogP contribution is -2.60. The first-order chi connectivity index (χ1) is 11.6. The summed E-state index contributed by atoms with van der Waals surface area (Å²) in [6.07, 6.45) is -8.85. The summed E-state index contributed by atoms with van der Waals surface area (Å²) in [5.74, 6) is -1.89. The maximum absolute atomic E-state index is 13.6. The first-order valence-corrected chi connectivity index (χ1v) is 9.37. The van der Waals surface area contributed by atoms with Crippen LogP contribution in [0, 0.1) is 17.3 Å². The maximum Gasteiger partial charge on any atom is 0.432 e. The van der Waals surface area contributed by atoms with Gasteiger partial charge in [0.15, 0.2) is 0 Å². The van der Waals surface area contributed by atoms with Crippen LogP contribution < -0.4 is 0 Å². The van der Waals surface area contributed by atoms with Gasteiger partial charge in [0.2, 0.25) is 0 Å². The summed E-state index contributed by atoms with van der Waals surface area (Å²) < 4.78 is 100.0. The van der Waals surface area contributed by atoms with Crippen LogP contribution >= 0.6 is 0 Å². The van der Waals surface area contributed by atoms with Crippen LogP contribution in [0.1, 0.15) is 38.5 Å². The summed E-state index contributed by atoms with van der Waals surface area (Å²) in [5, 5.41) is 4.74. The van der Waals surface area contributed by atoms with Crippen molar-refractivity contribution in [3.05, 3.63) is 0 Å². The van der Waals surface area contributed by atoms with Gasteiger partial charge in [-0.25, -0.2) is 0 Å². The number of hydrogen-bond acceptors (Lipinski definition) is 5. The monoisotopic (exact) mass is 408 g/mol. The Kier molecular flexibility index (Phi) is 4.18. The molecular weight excluding hydrogens is 391 g/mol. The number of esters is 1. The summed E-state index contributed by atoms with van der Waals surface area (Å²) in [6, 6.07) is 0. The van der Waals surface area contributed by atoms with E-state index in [4.69, 9.17) is 4.55 Å². The summed E-state index contributed by atoms with van der Waals surface area (Å²) >= 11 is 0. The van der Waals surface area contributed by atoms with Gasteiger partial charge in [-0.2, -0.15) is 30.4 Å². The number of alkyl halides is 5. The number of hydrogen-bond donors (Lipinski definition) is 2. The van der Waals surface area contributed by atoms with E-state index in [9.17, 15) is 40.3 Å². The van der Waals surface area contributed by atoms with E-state index in [2.05, 4.69) is 4.74 Å². The Morgan fingerprint density at radius 1 is 1.08 bits per heavy atom. The largest absolute Gasteiger partial charge is 0.444 e. The van der Waals surface area contributed by atoms with E-state index in [-0.39, 0.29) is 31.1 Å². The van der Waals surface area contributed by atoms with Crippen molar-refractivity contribution in [2.24, 2.45) is 17.3 Å². The van der Waals surface area contributed by atoms with Crippen LogP contribution in [0.2, 0.25) is 0 Å². The lowest BCUT2D eigenvalue weighted by molar-refractivity contribution is -0.269. The van der Waals surface area contributed by atoms with E-state index in [1.165, 1.54) is 0 Å². The third-order valence-corrected chi connectivity index (χ3v) is 6.54. The predicted octanol–water partition coefficient (Wildman–Crippen LogP) is 2.27. The van der Waals surface area contributed by atoms with Crippen molar-refractivity contribution >= 4 is 16.1 Å². The topological polar surface area (TPSA) is 101 Å². The van der Waals surface area contributed by atoms with E-state index in [1.807, 2.05) is 0 Å². The molecule has 0 heterocycles. The molecule has 4 aliphatic rings. The number of carbonyl (C=O) groups is 1. The maximum atomic E-state index is 13.6. The molecule has 0 aromatic heterocycles. The molecule has 3 unspecified atom stereocenters. The molecule has 0 amide bonds. The zero-order chi connectivity index (χ0) is 19.8. The Labute approximate surface area is 145 Å². The zero-order valence-electron chi connectivity index (χ0n) is 13.3. The molecule has 0 aromatic carbocycles. The van der Waals surface area contributed by atoms with Crippen molar-refractivity contribution in [2.75, 3.05) is 0 Å². The normalized spacial score (nSPS) is 38.3. The van der Waals surface area contributed by atoms with Crippen LogP contribution in [0.15, 0.2) is 0 Å². The fraction of sp³-hybridized carbons (Fsp3) is 0.929. The molecule has 2 N–H and O–H groups in total. The minimum atomic E-state index is -6.48. The molecule has 26 heavy (non-hydrogen) atoms. The highest BCUT2D eigenvalue weighted by atomic mass is 32.2. The van der Waals surface area contributed by atoms with Crippen molar-refractivity contribution in [2.45, 2.75) is 61.7 Å². The molecule has 0 aliphatic heterocycles. The molecule has 150 valence electrons. The Bertz CT molecular complexity index is 704. The number of halogens is 5. The molecule has 6 nitrogen and oxygen atoms in total. The second-order valence-corrected chi connectivity index (χ2v) is 9.32. The lowest BCUT2D eigenvalue weighted by atomic mass is 9.48. The first kappa shape index (κ1) is 19.7. The van der Waals surface area contributed by atoms with Gasteiger partial charge >= 0.3 is 27.5 Å². The Morgan fingerprint density at radius 2 is 1.58 bits per heavy atom. The van der Waals surface area contributed by atoms with Crippen molar-refractivity contribution in [1.29, 1.82) is 0 Å². The van der Waals surface area contributed by atoms with Crippen LogP contribution in [0.4, 0.5) is 22.0 Å². The fourth-order valence-electron chi connectivity index (χ4n) is 5.15. The van der Waals surface area contributed by atoms with Crippen LogP contribution in [-0.4, -0.2) is 47.2 Å². The molecule has 12 heteroatoms. The standard InChI is InChI=1S/C14H17F5O6S/c15-13(16,17)9(14(18,19)26(22,23)24)25-10(20)11-2-7-1-8(3-11)5-12(21,4-7)6-11/h7-9,21H,1-6H2,(H,22,23,24). The molecule has 0 spiro atoms. The minimum absolute atomic E-state index is 0.0899. The van der Waals surface area contributed by atoms with Gasteiger partial charge in [0.25, 0.3) is 6.10 Å². The summed E-state index contributed by atoms with van der Waals surface area (Å²) in [6.45, 7) is 0. The van der Waals surface area contributed by atoms with Gasteiger partial charge in [0.1, 0.15) is 0 Å². The second-order valence-electron chi connectivity index (χ2n) is 7.83. The van der Waals surface area contributed by atoms with Gasteiger partial charge in [-0.15, -0.1) is 0 Å². The lowest BCUT2D eigenvalue weighted by Gasteiger charge is -2.58. The van der Waals surface area contributed by atoms with Crippen molar-refractivity contribution in [3.63, 3.8) is 0 Å². The fourth-order valence-corrected chi connectivity index (χ4v) is 5.60. The Hall–Kier alpha value is -1.01. The van der Waals surface area contributed by atoms with Gasteiger partial charge in [-0.1, -0.05) is 0 Å². The molecular formula is C14H17F5O6S. The van der Waals surface area contributed by atoms with Gasteiger partial charge < -0.3 is 9.84 Å². The van der Waals surface area contributed by atoms with Crippen molar-refractivity contribution in [3.8, 4) is 0 Å². The van der Waals surface area contributed by atoms with E-state index in [0.29, 0.717) is 19.3 Å². The van der Waals surface area contributed by atoms with E-state index < -0.39 is 44.6 Å². The molecule has 0 radical (unpaired) electrons. The summed E-state index contributed by atoms with van der Waals surface area (Å²) in [4.78, 5) is 12.4. The molecule has 0 saturated heterocycles. The summed E-state index contributed by atoms with van der Waals surface area (Å²) in [5.41, 5.74) is -2.82. The van der Waals surface area contributed by atoms with Crippen molar-refractivity contribution in [1.82, 2.24) is 0 Å². The highest BCUT2D eigenvalue weighted by Crippen LogP contribution is 2.62. The average Bonchev–Trinajstić information content (AvgIpc) is 2.38. The van der Waals surface area contributed by atoms with Gasteiger partial charge in [0.05, 0.1) is 11.0 Å². The molecule has 4 fully saturated rings. The summed E-state index contributed by atoms with van der Waals surface area (Å²) in [7, 11) is -6.48. The quantitative estimate of drug-likeness (QED) is 0.421. The van der Waals surface area contributed by atoms with Gasteiger partial charge in [0, 0.05) is 0 Å². The zero-order valence-corrected chi connectivity index (χ0v) is 14.1. The number of aliphatic hydroxyl groups is 1. The second kappa shape index (κ2) is 5.51. The number of carbonyl (C=O) groups excluding carboxylic acids is 1. The van der Waals surface area contributed by atoms with Crippen LogP contribution in [0.3, 0.4) is 0 Å². The Morgan fingerprint density at radius 3 is 1.96 bits per heavy atom. The number of ether oxygens (including phenoxy) is 1. The molecule has 3 atom stereocenters. The van der Waals surface area contributed by atoms with Crippen molar-refractivity contribution < 1.29 is 49.6 Å². The molecule has 0 aromatic rings. The highest BCUT2D eigenvalue weighted by molar-refractivity contribution is 7.86. The SMILES string of the molecule is O=C(OC(C(F)(F)F)C(F)(F)S(=O)(=O)O)C12CC3CC(CC(O)(C3)C1)C2. The van der Waals surface area contributed by atoms with E-state index >= 15 is 0 Å². The van der Waals surface area contributed by atoms with E-state index in [0.717, 1.165) is 0 Å². The van der Waals surface area contributed by atoms with E-state index in [1.54, 1.807) is 0 Å². The first-order valence-electron chi connectivity index (χ1n) is 7.93. The molecule has 4 aliphatic carbocycles. The Balaban J connectivity index is 1.90. The molecule has 4 bridgehead atoms. The predicted molar refractivity (Wildman–Crippen MR) is 74.5 cm³/mol. The third-order valence-electron chi connectivity index (χ3n) is 5.63. The molecule has 4 rings (SSSR count). The smallest absolute Gasteiger partial charge is 0.432 e.